The summed E-state index contributed by atoms with van der Waals surface area (Å²) in [6.45, 7) is 1.95. The molecule has 0 radical (unpaired) electrons. The van der Waals surface area contributed by atoms with Crippen LogP contribution in [0.1, 0.15) is 43.2 Å². The first-order valence-electron chi connectivity index (χ1n) is 11.8. The van der Waals surface area contributed by atoms with Gasteiger partial charge < -0.3 is 10.2 Å². The smallest absolute Gasteiger partial charge is 0.151 e. The highest BCUT2D eigenvalue weighted by Crippen LogP contribution is 2.58. The van der Waals surface area contributed by atoms with Gasteiger partial charge in [-0.15, -0.1) is 0 Å². The molecule has 6 heteroatoms. The first-order valence-corrected chi connectivity index (χ1v) is 12.6. The summed E-state index contributed by atoms with van der Waals surface area (Å²) in [5.74, 6) is 1.12. The third-order valence-corrected chi connectivity index (χ3v) is 9.21. The zero-order valence-corrected chi connectivity index (χ0v) is 19.0. The van der Waals surface area contributed by atoms with Crippen molar-refractivity contribution in [1.82, 2.24) is 9.62 Å². The van der Waals surface area contributed by atoms with E-state index in [2.05, 4.69) is 9.62 Å². The molecular formula is C26H30N2O3S. The van der Waals surface area contributed by atoms with Gasteiger partial charge in [-0.2, -0.15) is 0 Å². The average Bonchev–Trinajstić information content (AvgIpc) is 3.60. The number of benzene rings is 2. The third kappa shape index (κ3) is 3.23. The highest BCUT2D eigenvalue weighted by molar-refractivity contribution is 7.97. The van der Waals surface area contributed by atoms with E-state index in [0.717, 1.165) is 42.3 Å². The number of phenols is 1. The summed E-state index contributed by atoms with van der Waals surface area (Å²) in [4.78, 5) is 17.0. The maximum Gasteiger partial charge on any atom is 0.151 e. The van der Waals surface area contributed by atoms with Gasteiger partial charge in [0, 0.05) is 35.7 Å². The number of nitrogens with zero attached hydrogens (tertiary/aromatic N) is 1. The average molecular weight is 451 g/mol. The van der Waals surface area contributed by atoms with Crippen LogP contribution < -0.4 is 4.72 Å². The molecule has 0 aromatic heterocycles. The summed E-state index contributed by atoms with van der Waals surface area (Å²) < 4.78 is 3.37. The Balaban J connectivity index is 1.36. The monoisotopic (exact) mass is 450 g/mol. The quantitative estimate of drug-likeness (QED) is 0.606. The Morgan fingerprint density at radius 1 is 1.16 bits per heavy atom. The molecule has 2 aromatic rings. The lowest BCUT2D eigenvalue weighted by Crippen LogP contribution is -2.75. The first-order chi connectivity index (χ1) is 15.5. The van der Waals surface area contributed by atoms with E-state index in [4.69, 9.17) is 0 Å². The van der Waals surface area contributed by atoms with Crippen molar-refractivity contribution < 1.29 is 15.0 Å². The second-order valence-electron chi connectivity index (χ2n) is 10.2. The number of aromatic hydroxyl groups is 1. The second-order valence-corrected chi connectivity index (χ2v) is 11.1. The van der Waals surface area contributed by atoms with Crippen molar-refractivity contribution in [2.24, 2.45) is 5.92 Å². The van der Waals surface area contributed by atoms with Crippen molar-refractivity contribution in [3.63, 3.8) is 0 Å². The molecule has 3 N–H and O–H groups in total. The van der Waals surface area contributed by atoms with Crippen molar-refractivity contribution in [3.8, 4) is 5.75 Å². The topological polar surface area (TPSA) is 72.8 Å². The lowest BCUT2D eigenvalue weighted by atomic mass is 9.48. The fourth-order valence-electron chi connectivity index (χ4n) is 6.49. The SMILES string of the molecule is O=C1C[C@]23CCN(CC4CC4)[C@H](Cc4ccc(O)cc42)[C@]3(O)C[C@@H]1NSc1ccccc1. The zero-order chi connectivity index (χ0) is 21.9. The Morgan fingerprint density at radius 3 is 2.75 bits per heavy atom. The van der Waals surface area contributed by atoms with Crippen molar-refractivity contribution in [2.75, 3.05) is 13.1 Å². The number of ketones is 1. The number of likely N-dealkylation sites (tertiary alicyclic amines) is 1. The van der Waals surface area contributed by atoms with Crippen LogP contribution in [-0.2, 0) is 16.6 Å². The molecule has 3 aliphatic carbocycles. The largest absolute Gasteiger partial charge is 0.508 e. The van der Waals surface area contributed by atoms with Gasteiger partial charge >= 0.3 is 0 Å². The number of fused-ring (bicyclic) bond motifs is 1. The highest BCUT2D eigenvalue weighted by Gasteiger charge is 2.66. The van der Waals surface area contributed by atoms with Gasteiger partial charge in [-0.05, 0) is 85.5 Å². The van der Waals surface area contributed by atoms with Crippen molar-refractivity contribution >= 4 is 17.7 Å². The van der Waals surface area contributed by atoms with E-state index in [1.165, 1.54) is 30.4 Å². The van der Waals surface area contributed by atoms with Gasteiger partial charge in [0.05, 0.1) is 11.6 Å². The number of nitrogens with one attached hydrogen (secondary N) is 1. The van der Waals surface area contributed by atoms with Crippen LogP contribution in [0.5, 0.6) is 5.75 Å². The molecule has 1 heterocycles. The van der Waals surface area contributed by atoms with Crippen LogP contribution in [0.25, 0.3) is 0 Å². The highest BCUT2D eigenvalue weighted by atomic mass is 32.2. The summed E-state index contributed by atoms with van der Waals surface area (Å²) in [6, 6.07) is 15.2. The summed E-state index contributed by atoms with van der Waals surface area (Å²) in [6.07, 6.45) is 4.83. The Hall–Kier alpha value is -1.86. The molecule has 0 unspecified atom stereocenters. The fraction of sp³-hybridized carbons (Fsp3) is 0.500. The maximum absolute atomic E-state index is 13.4. The van der Waals surface area contributed by atoms with Crippen molar-refractivity contribution in [2.45, 2.75) is 66.5 Å². The summed E-state index contributed by atoms with van der Waals surface area (Å²) >= 11 is 1.47. The minimum Gasteiger partial charge on any atom is -0.508 e. The lowest BCUT2D eigenvalue weighted by molar-refractivity contribution is -0.176. The van der Waals surface area contributed by atoms with E-state index in [9.17, 15) is 15.0 Å². The van der Waals surface area contributed by atoms with Gasteiger partial charge in [0.2, 0.25) is 0 Å². The predicted octanol–water partition coefficient (Wildman–Crippen LogP) is 3.43. The fourth-order valence-corrected chi connectivity index (χ4v) is 7.28. The number of rotatable bonds is 5. The van der Waals surface area contributed by atoms with Crippen LogP contribution >= 0.6 is 11.9 Å². The van der Waals surface area contributed by atoms with Gasteiger partial charge in [0.15, 0.2) is 5.78 Å². The van der Waals surface area contributed by atoms with Gasteiger partial charge in [-0.3, -0.25) is 9.69 Å². The molecule has 32 heavy (non-hydrogen) atoms. The molecule has 0 spiro atoms. The first kappa shape index (κ1) is 20.7. The lowest BCUT2D eigenvalue weighted by Gasteiger charge is -2.64. The summed E-state index contributed by atoms with van der Waals surface area (Å²) in [7, 11) is 0. The Bertz CT molecular complexity index is 1040. The van der Waals surface area contributed by atoms with E-state index in [1.807, 2.05) is 42.5 Å². The molecule has 168 valence electrons. The zero-order valence-electron chi connectivity index (χ0n) is 18.2. The van der Waals surface area contributed by atoms with Crippen LogP contribution in [0, 0.1) is 5.92 Å². The molecule has 3 fully saturated rings. The molecule has 0 amide bonds. The predicted molar refractivity (Wildman–Crippen MR) is 125 cm³/mol. The van der Waals surface area contributed by atoms with Crippen LogP contribution in [0.15, 0.2) is 53.4 Å². The Morgan fingerprint density at radius 2 is 1.97 bits per heavy atom. The molecule has 2 bridgehead atoms. The van der Waals surface area contributed by atoms with E-state index in [0.29, 0.717) is 12.8 Å². The van der Waals surface area contributed by atoms with E-state index in [-0.39, 0.29) is 23.6 Å². The molecule has 2 saturated carbocycles. The van der Waals surface area contributed by atoms with E-state index < -0.39 is 11.0 Å². The molecular weight excluding hydrogens is 420 g/mol. The molecule has 1 saturated heterocycles. The van der Waals surface area contributed by atoms with Crippen LogP contribution in [0.3, 0.4) is 0 Å². The number of piperidine rings is 1. The minimum atomic E-state index is -0.996. The van der Waals surface area contributed by atoms with Gasteiger partial charge in [-0.25, -0.2) is 4.72 Å². The molecule has 2 aromatic carbocycles. The van der Waals surface area contributed by atoms with Crippen molar-refractivity contribution in [1.29, 1.82) is 0 Å². The Labute approximate surface area is 193 Å². The van der Waals surface area contributed by atoms with Crippen LogP contribution in [-0.4, -0.2) is 51.7 Å². The normalized spacial score (nSPS) is 34.1. The number of aliphatic hydroxyl groups is 1. The molecule has 1 aliphatic heterocycles. The third-order valence-electron chi connectivity index (χ3n) is 8.30. The number of carbonyl (C=O) groups is 1. The van der Waals surface area contributed by atoms with Gasteiger partial charge in [-0.1, -0.05) is 24.3 Å². The summed E-state index contributed by atoms with van der Waals surface area (Å²) in [5.41, 5.74) is 0.557. The van der Waals surface area contributed by atoms with Crippen LogP contribution in [0.4, 0.5) is 0 Å². The number of Topliss-reactive ketones (excluding diaryl/α,β-unsaturated/α-hetero) is 1. The number of hydrogen-bond donors (Lipinski definition) is 3. The van der Waals surface area contributed by atoms with Crippen LogP contribution in [0.2, 0.25) is 0 Å². The van der Waals surface area contributed by atoms with Gasteiger partial charge in [0.1, 0.15) is 5.75 Å². The van der Waals surface area contributed by atoms with Gasteiger partial charge in [0.25, 0.3) is 0 Å². The second kappa shape index (κ2) is 7.59. The molecule has 5 nitrogen and oxygen atoms in total. The van der Waals surface area contributed by atoms with Crippen molar-refractivity contribution in [3.05, 3.63) is 59.7 Å². The van der Waals surface area contributed by atoms with E-state index in [1.54, 1.807) is 6.07 Å². The number of phenolic OH excluding ortho intramolecular Hbond substituents is 1. The summed E-state index contributed by atoms with van der Waals surface area (Å²) in [5, 5.41) is 22.7. The number of carbonyl (C=O) groups excluding carboxylic acids is 1. The molecule has 6 rings (SSSR count). The Kier molecular flexibility index (Phi) is 4.92. The minimum absolute atomic E-state index is 0.00742. The molecule has 4 atom stereocenters. The number of hydrogen-bond acceptors (Lipinski definition) is 6. The van der Waals surface area contributed by atoms with E-state index >= 15 is 0 Å². The standard InChI is InChI=1S/C26H30N2O3S/c29-19-9-8-18-12-24-26(31)14-22(27-32-20-4-2-1-3-5-20)23(30)15-25(26,21(18)13-19)10-11-28(24)16-17-6-7-17/h1-5,8-9,13,17,22,24,27,29,31H,6-7,10-12,14-16H2/t22-,24+,25+,26+/m0/s1. The maximum atomic E-state index is 13.4. The molecule has 4 aliphatic rings.